The molecule has 0 aromatic rings. The zero-order chi connectivity index (χ0) is 14.5. The summed E-state index contributed by atoms with van der Waals surface area (Å²) in [5, 5.41) is 2.01. The van der Waals surface area contributed by atoms with Gasteiger partial charge in [-0.25, -0.2) is 13.1 Å². The molecule has 1 heterocycles. The van der Waals surface area contributed by atoms with Crippen LogP contribution in [-0.4, -0.2) is 44.2 Å². The minimum atomic E-state index is -3.25. The molecule has 5 atom stereocenters. The fourth-order valence-electron chi connectivity index (χ4n) is 3.64. The monoisotopic (exact) mass is 300 g/mol. The van der Waals surface area contributed by atoms with Crippen molar-refractivity contribution in [3.63, 3.8) is 0 Å². The summed E-state index contributed by atoms with van der Waals surface area (Å²) in [4.78, 5) is 22.6. The molecule has 1 amide bonds. The van der Waals surface area contributed by atoms with Crippen LogP contribution in [0.2, 0.25) is 0 Å². The molecule has 3 rings (SSSR count). The first kappa shape index (κ1) is 13.6. The van der Waals surface area contributed by atoms with Crippen molar-refractivity contribution in [3.8, 4) is 0 Å². The van der Waals surface area contributed by atoms with Crippen molar-refractivity contribution in [2.75, 3.05) is 6.54 Å². The van der Waals surface area contributed by atoms with Gasteiger partial charge in [0.15, 0.2) is 0 Å². The van der Waals surface area contributed by atoms with Gasteiger partial charge in [0.1, 0.15) is 12.6 Å². The number of nitrogens with one attached hydrogen (secondary N) is 2. The highest BCUT2D eigenvalue weighted by Gasteiger charge is 2.63. The molecule has 2 bridgehead atoms. The van der Waals surface area contributed by atoms with Gasteiger partial charge in [-0.05, 0) is 30.8 Å². The van der Waals surface area contributed by atoms with E-state index < -0.39 is 28.0 Å². The average Bonchev–Trinajstić information content (AvgIpc) is 3.00. The molecule has 3 fully saturated rings. The number of carbonyl (C=O) groups excluding carboxylic acids is 2. The van der Waals surface area contributed by atoms with E-state index in [4.69, 9.17) is 4.74 Å². The Hall–Kier alpha value is -1.41. The third-order valence-corrected chi connectivity index (χ3v) is 6.37. The zero-order valence-electron chi connectivity index (χ0n) is 10.7. The maximum atomic E-state index is 11.8. The van der Waals surface area contributed by atoms with Gasteiger partial charge in [-0.2, -0.15) is 0 Å². The van der Waals surface area contributed by atoms with Gasteiger partial charge < -0.3 is 10.1 Å². The van der Waals surface area contributed by atoms with Gasteiger partial charge in [0.2, 0.25) is 15.9 Å². The lowest BCUT2D eigenvalue weighted by molar-refractivity contribution is -0.152. The summed E-state index contributed by atoms with van der Waals surface area (Å²) >= 11 is 0. The van der Waals surface area contributed by atoms with Crippen molar-refractivity contribution in [1.29, 1.82) is 0 Å². The minimum Gasteiger partial charge on any atom is -0.459 e. The van der Waals surface area contributed by atoms with E-state index in [2.05, 4.69) is 16.6 Å². The molecule has 1 aliphatic heterocycles. The minimum absolute atomic E-state index is 0.0468. The van der Waals surface area contributed by atoms with Crippen molar-refractivity contribution in [3.05, 3.63) is 12.7 Å². The number of hydrogen-bond donors (Lipinski definition) is 2. The SMILES string of the molecule is C=CC(=O)NCC(=O)OC1C2CC3C1NS(=O)(=O)C3C2. The third kappa shape index (κ3) is 2.03. The molecule has 20 heavy (non-hydrogen) atoms. The molecule has 110 valence electrons. The van der Waals surface area contributed by atoms with Crippen molar-refractivity contribution in [1.82, 2.24) is 10.0 Å². The molecule has 1 saturated heterocycles. The first-order valence-electron chi connectivity index (χ1n) is 6.53. The van der Waals surface area contributed by atoms with Crippen LogP contribution in [0.5, 0.6) is 0 Å². The summed E-state index contributed by atoms with van der Waals surface area (Å²) in [6.45, 7) is 3.04. The van der Waals surface area contributed by atoms with E-state index in [-0.39, 0.29) is 29.7 Å². The summed E-state index contributed by atoms with van der Waals surface area (Å²) < 4.78 is 31.6. The number of rotatable bonds is 4. The number of sulfonamides is 1. The Bertz CT molecular complexity index is 572. The maximum Gasteiger partial charge on any atom is 0.325 e. The second-order valence-corrected chi connectivity index (χ2v) is 7.43. The molecule has 8 heteroatoms. The Morgan fingerprint density at radius 3 is 2.85 bits per heavy atom. The molecule has 2 saturated carbocycles. The highest BCUT2D eigenvalue weighted by molar-refractivity contribution is 7.90. The third-order valence-electron chi connectivity index (χ3n) is 4.43. The molecule has 0 aromatic carbocycles. The standard InChI is InChI=1S/C12H16N2O5S/c1-2-9(15)13-5-10(16)19-12-6-3-7-8(4-6)20(17,18)14-11(7)12/h2,6-8,11-12,14H,1,3-5H2,(H,13,15). The number of fused-ring (bicyclic) bond motifs is 1. The van der Waals surface area contributed by atoms with E-state index in [1.54, 1.807) is 0 Å². The molecule has 5 unspecified atom stereocenters. The Kier molecular flexibility index (Phi) is 3.09. The number of esters is 1. The molecule has 2 aliphatic carbocycles. The highest BCUT2D eigenvalue weighted by atomic mass is 32.2. The zero-order valence-corrected chi connectivity index (χ0v) is 11.6. The smallest absolute Gasteiger partial charge is 0.325 e. The summed E-state index contributed by atoms with van der Waals surface area (Å²) in [6, 6.07) is -0.303. The van der Waals surface area contributed by atoms with Crippen LogP contribution in [-0.2, 0) is 24.3 Å². The lowest BCUT2D eigenvalue weighted by Gasteiger charge is -2.25. The lowest BCUT2D eigenvalue weighted by atomic mass is 9.93. The summed E-state index contributed by atoms with van der Waals surface area (Å²) in [7, 11) is -3.25. The van der Waals surface area contributed by atoms with E-state index in [0.29, 0.717) is 6.42 Å². The highest BCUT2D eigenvalue weighted by Crippen LogP contribution is 2.52. The largest absolute Gasteiger partial charge is 0.459 e. The van der Waals surface area contributed by atoms with Gasteiger partial charge in [0.25, 0.3) is 0 Å². The van der Waals surface area contributed by atoms with Gasteiger partial charge in [-0.1, -0.05) is 6.58 Å². The number of ether oxygens (including phenoxy) is 1. The molecular weight excluding hydrogens is 284 g/mol. The Balaban J connectivity index is 1.62. The van der Waals surface area contributed by atoms with E-state index in [0.717, 1.165) is 12.5 Å². The molecule has 0 spiro atoms. The number of carbonyl (C=O) groups is 2. The van der Waals surface area contributed by atoms with Crippen molar-refractivity contribution in [2.24, 2.45) is 11.8 Å². The quantitative estimate of drug-likeness (QED) is 0.507. The lowest BCUT2D eigenvalue weighted by Crippen LogP contribution is -2.43. The molecule has 7 nitrogen and oxygen atoms in total. The van der Waals surface area contributed by atoms with Crippen LogP contribution < -0.4 is 10.0 Å². The second kappa shape index (κ2) is 4.56. The van der Waals surface area contributed by atoms with Crippen molar-refractivity contribution >= 4 is 21.9 Å². The Labute approximate surface area is 116 Å². The van der Waals surface area contributed by atoms with Crippen LogP contribution in [0, 0.1) is 11.8 Å². The van der Waals surface area contributed by atoms with Crippen LogP contribution in [0.15, 0.2) is 12.7 Å². The predicted octanol–water partition coefficient (Wildman–Crippen LogP) is -1.09. The fourth-order valence-corrected chi connectivity index (χ4v) is 5.74. The topological polar surface area (TPSA) is 102 Å². The van der Waals surface area contributed by atoms with Crippen LogP contribution in [0.25, 0.3) is 0 Å². The molecule has 0 radical (unpaired) electrons. The normalized spacial score (nSPS) is 39.5. The Morgan fingerprint density at radius 1 is 1.40 bits per heavy atom. The van der Waals surface area contributed by atoms with Gasteiger partial charge >= 0.3 is 5.97 Å². The average molecular weight is 300 g/mol. The number of hydrogen-bond acceptors (Lipinski definition) is 5. The number of amides is 1. The summed E-state index contributed by atoms with van der Waals surface area (Å²) in [5.41, 5.74) is 0. The first-order valence-corrected chi connectivity index (χ1v) is 8.08. The van der Waals surface area contributed by atoms with Gasteiger partial charge in [-0.15, -0.1) is 0 Å². The van der Waals surface area contributed by atoms with Crippen LogP contribution in [0.4, 0.5) is 0 Å². The molecule has 3 aliphatic rings. The van der Waals surface area contributed by atoms with Crippen molar-refractivity contribution < 1.29 is 22.7 Å². The van der Waals surface area contributed by atoms with E-state index in [1.807, 2.05) is 0 Å². The fraction of sp³-hybridized carbons (Fsp3) is 0.667. The van der Waals surface area contributed by atoms with Gasteiger partial charge in [0.05, 0.1) is 11.3 Å². The van der Waals surface area contributed by atoms with Crippen molar-refractivity contribution in [2.45, 2.75) is 30.2 Å². The van der Waals surface area contributed by atoms with E-state index >= 15 is 0 Å². The second-order valence-electron chi connectivity index (χ2n) is 5.50. The summed E-state index contributed by atoms with van der Waals surface area (Å²) in [6.07, 6.45) is 1.98. The van der Waals surface area contributed by atoms with E-state index in [9.17, 15) is 18.0 Å². The Morgan fingerprint density at radius 2 is 2.15 bits per heavy atom. The van der Waals surface area contributed by atoms with Crippen LogP contribution >= 0.6 is 0 Å². The van der Waals surface area contributed by atoms with Crippen LogP contribution in [0.1, 0.15) is 12.8 Å². The molecule has 2 N–H and O–H groups in total. The summed E-state index contributed by atoms with van der Waals surface area (Å²) in [5.74, 6) is -0.860. The maximum absolute atomic E-state index is 11.8. The predicted molar refractivity (Wildman–Crippen MR) is 68.9 cm³/mol. The van der Waals surface area contributed by atoms with Crippen LogP contribution in [0.3, 0.4) is 0 Å². The van der Waals surface area contributed by atoms with Gasteiger partial charge in [0, 0.05) is 0 Å². The first-order chi connectivity index (χ1) is 9.42. The van der Waals surface area contributed by atoms with E-state index in [1.165, 1.54) is 0 Å². The molecular formula is C12H16N2O5S. The van der Waals surface area contributed by atoms with Gasteiger partial charge in [-0.3, -0.25) is 9.59 Å². The molecule has 0 aromatic heterocycles.